The van der Waals surface area contributed by atoms with E-state index < -0.39 is 12.1 Å². The molecule has 0 saturated carbocycles. The number of carbonyl (C=O) groups excluding carboxylic acids is 1. The van der Waals surface area contributed by atoms with Crippen LogP contribution in [0, 0.1) is 6.92 Å². The van der Waals surface area contributed by atoms with E-state index in [9.17, 15) is 9.90 Å². The van der Waals surface area contributed by atoms with Crippen molar-refractivity contribution in [1.29, 1.82) is 0 Å². The molecule has 1 aromatic rings. The number of hydrogen-bond acceptors (Lipinski definition) is 3. The van der Waals surface area contributed by atoms with Gasteiger partial charge in [-0.05, 0) is 37.6 Å². The van der Waals surface area contributed by atoms with Crippen LogP contribution in [0.4, 0.5) is 0 Å². The summed E-state index contributed by atoms with van der Waals surface area (Å²) in [4.78, 5) is 10.4. The van der Waals surface area contributed by atoms with Crippen LogP contribution < -0.4 is 39.4 Å². The number of carbonyl (C=O) groups is 1. The number of aliphatic carboxylic acids is 1. The summed E-state index contributed by atoms with van der Waals surface area (Å²) < 4.78 is 5.14. The molecule has 1 atom stereocenters. The van der Waals surface area contributed by atoms with E-state index in [1.165, 1.54) is 6.92 Å². The zero-order valence-corrected chi connectivity index (χ0v) is 11.7. The molecule has 0 N–H and O–H groups in total. The molecule has 0 aliphatic carbocycles. The summed E-state index contributed by atoms with van der Waals surface area (Å²) in [7, 11) is 0. The second-order valence-corrected chi connectivity index (χ2v) is 3.43. The first-order valence-electron chi connectivity index (χ1n) is 4.14. The van der Waals surface area contributed by atoms with E-state index in [1.807, 2.05) is 0 Å². The fourth-order valence-corrected chi connectivity index (χ4v) is 1.21. The average molecular weight is 237 g/mol. The molecule has 0 bridgehead atoms. The van der Waals surface area contributed by atoms with E-state index in [0.717, 1.165) is 5.56 Å². The van der Waals surface area contributed by atoms with Gasteiger partial charge < -0.3 is 14.6 Å². The molecule has 15 heavy (non-hydrogen) atoms. The van der Waals surface area contributed by atoms with Gasteiger partial charge in [0.1, 0.15) is 11.9 Å². The van der Waals surface area contributed by atoms with Crippen LogP contribution >= 0.6 is 11.6 Å². The molecule has 0 aliphatic heterocycles. The Morgan fingerprint density at radius 1 is 1.53 bits per heavy atom. The number of halogens is 1. The molecule has 3 nitrogen and oxygen atoms in total. The molecule has 0 spiro atoms. The SMILES string of the molecule is Cc1cc(Cl)ccc1O[C@@H](C)C(=O)[O-].[Na+]. The third kappa shape index (κ3) is 4.43. The van der Waals surface area contributed by atoms with E-state index in [1.54, 1.807) is 25.1 Å². The van der Waals surface area contributed by atoms with Crippen molar-refractivity contribution in [3.8, 4) is 5.75 Å². The van der Waals surface area contributed by atoms with E-state index in [2.05, 4.69) is 0 Å². The normalized spacial score (nSPS) is 11.4. The molecule has 0 fully saturated rings. The number of rotatable bonds is 3. The zero-order valence-electron chi connectivity index (χ0n) is 8.91. The number of carboxylic acids is 1. The van der Waals surface area contributed by atoms with Crippen molar-refractivity contribution >= 4 is 17.6 Å². The predicted molar refractivity (Wildman–Crippen MR) is 51.3 cm³/mol. The second-order valence-electron chi connectivity index (χ2n) is 2.99. The van der Waals surface area contributed by atoms with Gasteiger partial charge in [0.25, 0.3) is 0 Å². The van der Waals surface area contributed by atoms with Crippen LogP contribution in [-0.4, -0.2) is 12.1 Å². The van der Waals surface area contributed by atoms with Crippen molar-refractivity contribution in [2.45, 2.75) is 20.0 Å². The first-order chi connectivity index (χ1) is 6.50. The molecule has 0 radical (unpaired) electrons. The first kappa shape index (κ1) is 14.8. The second kappa shape index (κ2) is 6.38. The fourth-order valence-electron chi connectivity index (χ4n) is 0.984. The van der Waals surface area contributed by atoms with Gasteiger partial charge in [-0.15, -0.1) is 0 Å². The monoisotopic (exact) mass is 236 g/mol. The largest absolute Gasteiger partial charge is 1.00 e. The molecule has 0 aliphatic rings. The topological polar surface area (TPSA) is 49.4 Å². The van der Waals surface area contributed by atoms with Crippen LogP contribution in [0.2, 0.25) is 5.02 Å². The minimum atomic E-state index is -1.24. The maximum Gasteiger partial charge on any atom is 1.00 e. The smallest absolute Gasteiger partial charge is 0.546 e. The Morgan fingerprint density at radius 3 is 2.60 bits per heavy atom. The maximum atomic E-state index is 10.4. The van der Waals surface area contributed by atoms with Crippen LogP contribution in [0.5, 0.6) is 5.75 Å². The zero-order chi connectivity index (χ0) is 10.7. The van der Waals surface area contributed by atoms with Crippen molar-refractivity contribution in [2.75, 3.05) is 0 Å². The van der Waals surface area contributed by atoms with Gasteiger partial charge >= 0.3 is 29.6 Å². The number of carboxylic acid groups (broad SMARTS) is 1. The average Bonchev–Trinajstić information content (AvgIpc) is 2.09. The molecule has 0 aromatic heterocycles. The Hall–Kier alpha value is -0.220. The molecule has 5 heteroatoms. The number of ether oxygens (including phenoxy) is 1. The quantitative estimate of drug-likeness (QED) is 0.580. The third-order valence-corrected chi connectivity index (χ3v) is 2.01. The molecule has 76 valence electrons. The van der Waals surface area contributed by atoms with E-state index in [-0.39, 0.29) is 29.6 Å². The minimum absolute atomic E-state index is 0. The fraction of sp³-hybridized carbons (Fsp3) is 0.300. The van der Waals surface area contributed by atoms with Crippen LogP contribution in [-0.2, 0) is 4.79 Å². The summed E-state index contributed by atoms with van der Waals surface area (Å²) in [5, 5.41) is 11.0. The van der Waals surface area contributed by atoms with E-state index in [4.69, 9.17) is 16.3 Å². The number of aryl methyl sites for hydroxylation is 1. The van der Waals surface area contributed by atoms with Crippen molar-refractivity contribution in [1.82, 2.24) is 0 Å². The predicted octanol–water partition coefficient (Wildman–Crippen LogP) is -1.83. The molecule has 0 heterocycles. The first-order valence-corrected chi connectivity index (χ1v) is 4.52. The molecule has 0 saturated heterocycles. The van der Waals surface area contributed by atoms with Gasteiger partial charge in [0.15, 0.2) is 0 Å². The summed E-state index contributed by atoms with van der Waals surface area (Å²) in [6.45, 7) is 3.21. The van der Waals surface area contributed by atoms with Crippen molar-refractivity contribution < 1.29 is 44.2 Å². The molecular weight excluding hydrogens is 227 g/mol. The van der Waals surface area contributed by atoms with Crippen molar-refractivity contribution in [2.24, 2.45) is 0 Å². The number of benzene rings is 1. The Balaban J connectivity index is 0.00000196. The summed E-state index contributed by atoms with van der Waals surface area (Å²) in [5.74, 6) is -0.731. The van der Waals surface area contributed by atoms with Crippen molar-refractivity contribution in [3.63, 3.8) is 0 Å². The standard InChI is InChI=1S/C10H11ClO3.Na/c1-6-5-8(11)3-4-9(6)14-7(2)10(12)13;/h3-5,7H,1-2H3,(H,12,13);/q;+1/p-1/t7-;/m0./s1. The van der Waals surface area contributed by atoms with Gasteiger partial charge in [0.2, 0.25) is 0 Å². The summed E-state index contributed by atoms with van der Waals surface area (Å²) in [6, 6.07) is 4.99. The van der Waals surface area contributed by atoms with Gasteiger partial charge in [-0.1, -0.05) is 11.6 Å². The minimum Gasteiger partial charge on any atom is -0.546 e. The Labute approximate surface area is 116 Å². The van der Waals surface area contributed by atoms with Crippen LogP contribution in [0.1, 0.15) is 12.5 Å². The van der Waals surface area contributed by atoms with Gasteiger partial charge in [-0.3, -0.25) is 0 Å². The molecule has 1 aromatic carbocycles. The Kier molecular flexibility index (Phi) is 6.29. The summed E-state index contributed by atoms with van der Waals surface area (Å²) in [5.41, 5.74) is 0.797. The molecule has 0 amide bonds. The molecule has 0 unspecified atom stereocenters. The van der Waals surface area contributed by atoms with Gasteiger partial charge in [-0.2, -0.15) is 0 Å². The van der Waals surface area contributed by atoms with Gasteiger partial charge in [0, 0.05) is 5.02 Å². The van der Waals surface area contributed by atoms with Crippen LogP contribution in [0.25, 0.3) is 0 Å². The van der Waals surface area contributed by atoms with Crippen LogP contribution in [0.15, 0.2) is 18.2 Å². The van der Waals surface area contributed by atoms with Crippen molar-refractivity contribution in [3.05, 3.63) is 28.8 Å². The van der Waals surface area contributed by atoms with Gasteiger partial charge in [0.05, 0.1) is 5.97 Å². The van der Waals surface area contributed by atoms with E-state index >= 15 is 0 Å². The molecule has 1 rings (SSSR count). The third-order valence-electron chi connectivity index (χ3n) is 1.77. The molecular formula is C10H10ClNaO3. The van der Waals surface area contributed by atoms with Crippen LogP contribution in [0.3, 0.4) is 0 Å². The summed E-state index contributed by atoms with van der Waals surface area (Å²) >= 11 is 5.73. The Morgan fingerprint density at radius 2 is 2.13 bits per heavy atom. The summed E-state index contributed by atoms with van der Waals surface area (Å²) in [6.07, 6.45) is -0.963. The number of hydrogen-bond donors (Lipinski definition) is 0. The van der Waals surface area contributed by atoms with E-state index in [0.29, 0.717) is 10.8 Å². The Bertz CT molecular complexity index is 355. The maximum absolute atomic E-state index is 10.4. The van der Waals surface area contributed by atoms with Gasteiger partial charge in [-0.25, -0.2) is 0 Å².